The van der Waals surface area contributed by atoms with Gasteiger partial charge in [0.25, 0.3) is 20.2 Å². The smallest absolute Gasteiger partial charge is 0.282 e. The van der Waals surface area contributed by atoms with Gasteiger partial charge in [0.15, 0.2) is 0 Å². The van der Waals surface area contributed by atoms with E-state index < -0.39 is 20.2 Å². The van der Waals surface area contributed by atoms with Crippen LogP contribution < -0.4 is 0 Å². The Kier molecular flexibility index (Phi) is 4.16. The highest BCUT2D eigenvalue weighted by Crippen LogP contribution is 2.30. The summed E-state index contributed by atoms with van der Waals surface area (Å²) in [5, 5.41) is 0.425. The summed E-state index contributed by atoms with van der Waals surface area (Å²) in [5.41, 5.74) is 0.607. The highest BCUT2D eigenvalue weighted by atomic mass is 32.2. The van der Waals surface area contributed by atoms with Gasteiger partial charge in [0, 0.05) is 10.8 Å². The van der Waals surface area contributed by atoms with E-state index in [0.29, 0.717) is 0 Å². The van der Waals surface area contributed by atoms with Crippen molar-refractivity contribution in [3.63, 3.8) is 0 Å². The van der Waals surface area contributed by atoms with Gasteiger partial charge in [-0.25, -0.2) is 9.97 Å². The van der Waals surface area contributed by atoms with Crippen LogP contribution in [0.15, 0.2) is 70.5 Å². The molecule has 0 atom stereocenters. The summed E-state index contributed by atoms with van der Waals surface area (Å²) in [5.74, 6) is 0. The molecule has 0 aliphatic rings. The van der Waals surface area contributed by atoms with Crippen molar-refractivity contribution in [1.82, 2.24) is 9.97 Å². The second-order valence-corrected chi connectivity index (χ2v) is 8.78. The van der Waals surface area contributed by atoms with E-state index >= 15 is 0 Å². The molecule has 142 valence electrons. The second-order valence-electron chi connectivity index (χ2n) is 6.00. The van der Waals surface area contributed by atoms with Crippen LogP contribution >= 0.6 is 0 Å². The zero-order valence-corrected chi connectivity index (χ0v) is 15.6. The zero-order chi connectivity index (χ0) is 20.1. The van der Waals surface area contributed by atoms with Crippen molar-refractivity contribution >= 4 is 42.0 Å². The van der Waals surface area contributed by atoms with Gasteiger partial charge >= 0.3 is 0 Å². The minimum atomic E-state index is -4.58. The van der Waals surface area contributed by atoms with E-state index in [4.69, 9.17) is 0 Å². The van der Waals surface area contributed by atoms with Crippen molar-refractivity contribution in [2.75, 3.05) is 0 Å². The number of hydrogen-bond acceptors (Lipinski definition) is 6. The number of pyridine rings is 2. The largest absolute Gasteiger partial charge is 0.295 e. The van der Waals surface area contributed by atoms with E-state index in [1.54, 1.807) is 36.4 Å². The van der Waals surface area contributed by atoms with Gasteiger partial charge in [-0.3, -0.25) is 9.11 Å². The lowest BCUT2D eigenvalue weighted by Crippen LogP contribution is -2.04. The number of benzene rings is 2. The Labute approximate surface area is 160 Å². The number of hydrogen-bond donors (Lipinski definition) is 2. The maximum absolute atomic E-state index is 11.8. The van der Waals surface area contributed by atoms with E-state index in [1.165, 1.54) is 12.1 Å². The Bertz CT molecular complexity index is 1350. The summed E-state index contributed by atoms with van der Waals surface area (Å²) in [6.45, 7) is 0. The Hall–Kier alpha value is -2.92. The molecule has 28 heavy (non-hydrogen) atoms. The number of fused-ring (bicyclic) bond motifs is 2. The molecule has 2 aromatic carbocycles. The summed E-state index contributed by atoms with van der Waals surface area (Å²) < 4.78 is 66.6. The summed E-state index contributed by atoms with van der Waals surface area (Å²) in [6.07, 6.45) is 0. The number of nitrogens with zero attached hydrogens (tertiary/aromatic N) is 2. The minimum Gasteiger partial charge on any atom is -0.282 e. The first-order valence-electron chi connectivity index (χ1n) is 7.89. The predicted octanol–water partition coefficient (Wildman–Crippen LogP) is 2.94. The molecular formula is C18H12N2O6S2. The van der Waals surface area contributed by atoms with Crippen LogP contribution in [0.25, 0.3) is 33.2 Å². The van der Waals surface area contributed by atoms with Gasteiger partial charge in [-0.05, 0) is 24.3 Å². The molecule has 10 heteroatoms. The maximum Gasteiger partial charge on any atom is 0.295 e. The van der Waals surface area contributed by atoms with Gasteiger partial charge in [-0.15, -0.1) is 0 Å². The SMILES string of the molecule is O=S(=O)(O)c1cc(-c2cc(S(=O)(=O)O)c3ccccc3n2)nc2ccccc12. The van der Waals surface area contributed by atoms with E-state index in [9.17, 15) is 25.9 Å². The fourth-order valence-electron chi connectivity index (χ4n) is 2.98. The van der Waals surface area contributed by atoms with Crippen LogP contribution in [-0.4, -0.2) is 35.9 Å². The predicted molar refractivity (Wildman–Crippen MR) is 102 cm³/mol. The number of para-hydroxylation sites is 2. The van der Waals surface area contributed by atoms with Gasteiger partial charge in [-0.1, -0.05) is 36.4 Å². The van der Waals surface area contributed by atoms with Gasteiger partial charge < -0.3 is 0 Å². The molecule has 0 saturated heterocycles. The lowest BCUT2D eigenvalue weighted by atomic mass is 10.1. The topological polar surface area (TPSA) is 135 Å². The molecule has 0 aliphatic carbocycles. The quantitative estimate of drug-likeness (QED) is 0.487. The molecule has 4 rings (SSSR count). The van der Waals surface area contributed by atoms with Crippen LogP contribution in [0.2, 0.25) is 0 Å². The van der Waals surface area contributed by atoms with E-state index in [0.717, 1.165) is 12.1 Å². The van der Waals surface area contributed by atoms with Crippen molar-refractivity contribution in [3.05, 3.63) is 60.7 Å². The van der Waals surface area contributed by atoms with Crippen LogP contribution in [0.3, 0.4) is 0 Å². The Morgan fingerprint density at radius 1 is 0.607 bits per heavy atom. The minimum absolute atomic E-state index is 0.0296. The van der Waals surface area contributed by atoms with Crippen molar-refractivity contribution in [2.24, 2.45) is 0 Å². The first kappa shape index (κ1) is 18.4. The van der Waals surface area contributed by atoms with Crippen LogP contribution in [0.5, 0.6) is 0 Å². The molecule has 0 saturated carbocycles. The third-order valence-corrected chi connectivity index (χ3v) is 5.96. The van der Waals surface area contributed by atoms with Gasteiger partial charge in [-0.2, -0.15) is 16.8 Å². The van der Waals surface area contributed by atoms with Crippen molar-refractivity contribution in [2.45, 2.75) is 9.79 Å². The van der Waals surface area contributed by atoms with E-state index in [2.05, 4.69) is 9.97 Å². The standard InChI is InChI=1S/C18H12N2O6S2/c21-27(22,23)17-9-15(19-13-7-3-1-5-11(13)17)16-10-18(28(24,25)26)12-6-2-4-8-14(12)20-16/h1-10H,(H,21,22,23)(H,24,25,26). The third kappa shape index (κ3) is 3.22. The van der Waals surface area contributed by atoms with Crippen molar-refractivity contribution < 1.29 is 25.9 Å². The monoisotopic (exact) mass is 416 g/mol. The number of aromatic nitrogens is 2. The van der Waals surface area contributed by atoms with E-state index in [1.807, 2.05) is 0 Å². The second kappa shape index (κ2) is 6.31. The van der Waals surface area contributed by atoms with Gasteiger partial charge in [0.2, 0.25) is 0 Å². The Balaban J connectivity index is 2.10. The van der Waals surface area contributed by atoms with Gasteiger partial charge in [0.05, 0.1) is 22.4 Å². The molecular weight excluding hydrogens is 404 g/mol. The average Bonchev–Trinajstić information content (AvgIpc) is 2.64. The van der Waals surface area contributed by atoms with E-state index in [-0.39, 0.29) is 43.0 Å². The molecule has 2 aromatic heterocycles. The maximum atomic E-state index is 11.8. The lowest BCUT2D eigenvalue weighted by Gasteiger charge is -2.10. The average molecular weight is 416 g/mol. The molecule has 0 aliphatic heterocycles. The molecule has 0 unspecified atom stereocenters. The molecule has 0 fully saturated rings. The molecule has 8 nitrogen and oxygen atoms in total. The summed E-state index contributed by atoms with van der Waals surface area (Å²) in [6, 6.07) is 14.8. The first-order chi connectivity index (χ1) is 13.1. The first-order valence-corrected chi connectivity index (χ1v) is 10.8. The van der Waals surface area contributed by atoms with Crippen LogP contribution in [-0.2, 0) is 20.2 Å². The molecule has 2 heterocycles. The molecule has 4 aromatic rings. The highest BCUT2D eigenvalue weighted by Gasteiger charge is 2.21. The fourth-order valence-corrected chi connectivity index (χ4v) is 4.40. The summed E-state index contributed by atoms with van der Waals surface area (Å²) in [4.78, 5) is 7.91. The normalized spacial score (nSPS) is 12.5. The molecule has 0 amide bonds. The molecule has 0 spiro atoms. The highest BCUT2D eigenvalue weighted by molar-refractivity contribution is 7.86. The molecule has 0 radical (unpaired) electrons. The summed E-state index contributed by atoms with van der Waals surface area (Å²) >= 11 is 0. The summed E-state index contributed by atoms with van der Waals surface area (Å²) in [7, 11) is -9.15. The van der Waals surface area contributed by atoms with Crippen LogP contribution in [0.1, 0.15) is 0 Å². The van der Waals surface area contributed by atoms with Crippen LogP contribution in [0, 0.1) is 0 Å². The van der Waals surface area contributed by atoms with Crippen molar-refractivity contribution in [1.29, 1.82) is 0 Å². The van der Waals surface area contributed by atoms with Crippen LogP contribution in [0.4, 0.5) is 0 Å². The number of rotatable bonds is 3. The fraction of sp³-hybridized carbons (Fsp3) is 0. The van der Waals surface area contributed by atoms with Crippen molar-refractivity contribution in [3.8, 4) is 11.4 Å². The Morgan fingerprint density at radius 3 is 1.32 bits per heavy atom. The lowest BCUT2D eigenvalue weighted by molar-refractivity contribution is 0.481. The Morgan fingerprint density at radius 2 is 0.964 bits per heavy atom. The molecule has 2 N–H and O–H groups in total. The zero-order valence-electron chi connectivity index (χ0n) is 14.0. The third-order valence-electron chi connectivity index (χ3n) is 4.17. The molecule has 0 bridgehead atoms. The van der Waals surface area contributed by atoms with Gasteiger partial charge in [0.1, 0.15) is 9.79 Å².